The van der Waals surface area contributed by atoms with E-state index in [1.165, 1.54) is 12.1 Å². The molecule has 0 spiro atoms. The lowest BCUT2D eigenvalue weighted by Crippen LogP contribution is -2.22. The summed E-state index contributed by atoms with van der Waals surface area (Å²) in [5, 5.41) is 0. The van der Waals surface area contributed by atoms with Gasteiger partial charge in [-0.3, -0.25) is 0 Å². The van der Waals surface area contributed by atoms with Crippen molar-refractivity contribution >= 4 is 0 Å². The molecule has 0 fully saturated rings. The van der Waals surface area contributed by atoms with E-state index in [-0.39, 0.29) is 5.57 Å². The third-order valence-electron chi connectivity index (χ3n) is 6.46. The van der Waals surface area contributed by atoms with Gasteiger partial charge in [0, 0.05) is 17.7 Å². The lowest BCUT2D eigenvalue weighted by molar-refractivity contribution is -0.185. The maximum Gasteiger partial charge on any atom is 0.426 e. The van der Waals surface area contributed by atoms with Crippen LogP contribution in [0.5, 0.6) is 5.75 Å². The monoisotopic (exact) mass is 594 g/mol. The van der Waals surface area contributed by atoms with Gasteiger partial charge in [0.25, 0.3) is 0 Å². The molecule has 0 amide bonds. The highest BCUT2D eigenvalue weighted by Gasteiger charge is 2.35. The smallest absolute Gasteiger partial charge is 0.426 e. The van der Waals surface area contributed by atoms with Crippen molar-refractivity contribution in [3.8, 4) is 28.7 Å². The first-order valence-corrected chi connectivity index (χ1v) is 12.9. The molecule has 220 valence electrons. The Kier molecular flexibility index (Phi) is 9.40. The summed E-state index contributed by atoms with van der Waals surface area (Å²) in [6, 6.07) is 7.35. The summed E-state index contributed by atoms with van der Waals surface area (Å²) in [5.74, 6) is -3.80. The lowest BCUT2D eigenvalue weighted by Gasteiger charge is -2.19. The number of allylic oxidation sites excluding steroid dienone is 4. The number of alkyl halides is 4. The zero-order valence-corrected chi connectivity index (χ0v) is 22.1. The molecular weight excluding hydrogens is 571 g/mol. The molecule has 0 saturated carbocycles. The Bertz CT molecular complexity index is 1530. The van der Waals surface area contributed by atoms with Gasteiger partial charge in [0.2, 0.25) is 0 Å². The lowest BCUT2D eigenvalue weighted by atomic mass is 10.0. The van der Waals surface area contributed by atoms with E-state index in [0.29, 0.717) is 42.8 Å². The highest BCUT2D eigenvalue weighted by molar-refractivity contribution is 5.67. The van der Waals surface area contributed by atoms with Crippen LogP contribution in [-0.4, -0.2) is 12.3 Å². The maximum absolute atomic E-state index is 14.9. The second-order valence-electron chi connectivity index (χ2n) is 9.60. The molecule has 1 aliphatic rings. The summed E-state index contributed by atoms with van der Waals surface area (Å²) in [6.07, 6.45) is -3.98. The van der Waals surface area contributed by atoms with Gasteiger partial charge in [-0.15, -0.1) is 0 Å². The minimum Gasteiger partial charge on any atom is -0.429 e. The first kappa shape index (κ1) is 30.8. The van der Waals surface area contributed by atoms with Crippen LogP contribution in [0, 0.1) is 35.1 Å². The fourth-order valence-electron chi connectivity index (χ4n) is 4.27. The fourth-order valence-corrected chi connectivity index (χ4v) is 4.27. The van der Waals surface area contributed by atoms with Crippen LogP contribution >= 0.6 is 0 Å². The van der Waals surface area contributed by atoms with Gasteiger partial charge in [-0.1, -0.05) is 43.7 Å². The fraction of sp³-hybridized carbons (Fsp3) is 0.250. The molecule has 0 heterocycles. The first-order chi connectivity index (χ1) is 19.9. The molecule has 0 aliphatic heterocycles. The van der Waals surface area contributed by atoms with Crippen molar-refractivity contribution in [3.63, 3.8) is 0 Å². The molecule has 0 aromatic heterocycles. The zero-order valence-electron chi connectivity index (χ0n) is 22.1. The van der Waals surface area contributed by atoms with E-state index < -0.39 is 75.6 Å². The quantitative estimate of drug-likeness (QED) is 0.143. The Balaban J connectivity index is 1.55. The van der Waals surface area contributed by atoms with Gasteiger partial charge in [-0.25, -0.2) is 30.7 Å². The molecule has 3 aromatic rings. The summed E-state index contributed by atoms with van der Waals surface area (Å²) >= 11 is 0. The molecule has 0 N–H and O–H groups in total. The van der Waals surface area contributed by atoms with Crippen molar-refractivity contribution in [1.29, 1.82) is 0 Å². The molecule has 42 heavy (non-hydrogen) atoms. The Hall–Kier alpha value is -4.13. The molecule has 4 rings (SSSR count). The number of hydrogen-bond acceptors (Lipinski definition) is 1. The molecular formula is C32H23F9O. The number of hydrogen-bond donors (Lipinski definition) is 0. The number of unbranched alkanes of at least 4 members (excludes halogenated alkanes) is 2. The van der Waals surface area contributed by atoms with E-state index in [0.717, 1.165) is 37.0 Å². The summed E-state index contributed by atoms with van der Waals surface area (Å²) in [4.78, 5) is 0. The molecule has 0 saturated heterocycles. The van der Waals surface area contributed by atoms with E-state index >= 15 is 0 Å². The van der Waals surface area contributed by atoms with Gasteiger partial charge < -0.3 is 4.74 Å². The van der Waals surface area contributed by atoms with Gasteiger partial charge >= 0.3 is 6.11 Å². The van der Waals surface area contributed by atoms with Crippen LogP contribution in [0.4, 0.5) is 39.5 Å². The van der Waals surface area contributed by atoms with Crippen molar-refractivity contribution in [1.82, 2.24) is 0 Å². The van der Waals surface area contributed by atoms with Crippen LogP contribution in [0.25, 0.3) is 11.1 Å². The second-order valence-corrected chi connectivity index (χ2v) is 9.60. The van der Waals surface area contributed by atoms with E-state index in [4.69, 9.17) is 0 Å². The molecule has 0 bridgehead atoms. The Morgan fingerprint density at radius 3 is 2.00 bits per heavy atom. The SMILES string of the molecule is CCCCCc1ccc(C(F)(F)Oc2cc(F)c(-c3cc(F)c(C#CC4=CC(F)C(F)C(F)=C4)c(F)c3)c(F)c2)cc1. The number of rotatable bonds is 8. The summed E-state index contributed by atoms with van der Waals surface area (Å²) in [5.41, 5.74) is -2.49. The topological polar surface area (TPSA) is 9.23 Å². The molecule has 10 heteroatoms. The number of ether oxygens (including phenoxy) is 1. The minimum absolute atomic E-state index is 0.371. The Morgan fingerprint density at radius 2 is 1.43 bits per heavy atom. The molecule has 3 aromatic carbocycles. The van der Waals surface area contributed by atoms with Crippen molar-refractivity contribution in [2.45, 2.75) is 51.1 Å². The van der Waals surface area contributed by atoms with Crippen LogP contribution < -0.4 is 4.74 Å². The van der Waals surface area contributed by atoms with E-state index in [1.807, 2.05) is 12.8 Å². The molecule has 2 atom stereocenters. The maximum atomic E-state index is 14.9. The largest absolute Gasteiger partial charge is 0.429 e. The third kappa shape index (κ3) is 7.01. The number of aryl methyl sites for hydroxylation is 1. The van der Waals surface area contributed by atoms with Gasteiger partial charge in [-0.2, -0.15) is 8.78 Å². The van der Waals surface area contributed by atoms with Crippen molar-refractivity contribution in [2.75, 3.05) is 0 Å². The third-order valence-corrected chi connectivity index (χ3v) is 6.46. The summed E-state index contributed by atoms with van der Waals surface area (Å²) in [7, 11) is 0. The predicted octanol–water partition coefficient (Wildman–Crippen LogP) is 9.59. The van der Waals surface area contributed by atoms with Crippen LogP contribution in [0.3, 0.4) is 0 Å². The van der Waals surface area contributed by atoms with E-state index in [2.05, 4.69) is 10.7 Å². The van der Waals surface area contributed by atoms with Gasteiger partial charge in [0.1, 0.15) is 34.8 Å². The standard InChI is InChI=1S/C32H23F9O/c1-2-3-4-5-18-6-9-21(10-7-18)32(40,41)42-22-16-26(35)30(27(36)17-22)20-14-24(33)23(25(34)15-20)11-8-19-12-28(37)31(39)29(38)13-19/h6-7,9-10,12-17,28,31H,2-5H2,1H3. The van der Waals surface area contributed by atoms with Crippen LogP contribution in [0.1, 0.15) is 42.9 Å². The number of halogens is 9. The molecule has 1 nitrogen and oxygen atoms in total. The van der Waals surface area contributed by atoms with Crippen molar-refractivity contribution < 1.29 is 44.3 Å². The van der Waals surface area contributed by atoms with Gasteiger partial charge in [-0.05, 0) is 60.4 Å². The first-order valence-electron chi connectivity index (χ1n) is 12.9. The molecule has 0 radical (unpaired) electrons. The van der Waals surface area contributed by atoms with Crippen LogP contribution in [0.2, 0.25) is 0 Å². The van der Waals surface area contributed by atoms with E-state index in [1.54, 1.807) is 0 Å². The normalized spacial score (nSPS) is 16.8. The van der Waals surface area contributed by atoms with Crippen LogP contribution in [0.15, 0.2) is 72.1 Å². The Morgan fingerprint density at radius 1 is 0.810 bits per heavy atom. The highest BCUT2D eigenvalue weighted by Crippen LogP contribution is 2.36. The average Bonchev–Trinajstić information content (AvgIpc) is 2.91. The second kappa shape index (κ2) is 12.8. The Labute approximate surface area is 236 Å². The highest BCUT2D eigenvalue weighted by atomic mass is 19.3. The average molecular weight is 595 g/mol. The zero-order chi connectivity index (χ0) is 30.6. The van der Waals surface area contributed by atoms with Gasteiger partial charge in [0.05, 0.1) is 16.7 Å². The van der Waals surface area contributed by atoms with Crippen LogP contribution in [-0.2, 0) is 12.5 Å². The minimum atomic E-state index is -3.94. The number of benzene rings is 3. The summed E-state index contributed by atoms with van der Waals surface area (Å²) in [6.45, 7) is 2.04. The molecule has 1 aliphatic carbocycles. The van der Waals surface area contributed by atoms with Crippen molar-refractivity contribution in [3.05, 3.63) is 112 Å². The van der Waals surface area contributed by atoms with Gasteiger partial charge in [0.15, 0.2) is 12.3 Å². The molecule has 2 unspecified atom stereocenters. The predicted molar refractivity (Wildman–Crippen MR) is 140 cm³/mol. The van der Waals surface area contributed by atoms with E-state index in [9.17, 15) is 39.5 Å². The van der Waals surface area contributed by atoms with Crippen molar-refractivity contribution in [2.24, 2.45) is 0 Å². The summed E-state index contributed by atoms with van der Waals surface area (Å²) < 4.78 is 133.